The number of carbonyl (C=O) groups excluding carboxylic acids is 4. The van der Waals surface area contributed by atoms with E-state index in [4.69, 9.17) is 9.47 Å². The van der Waals surface area contributed by atoms with E-state index in [0.29, 0.717) is 37.8 Å². The largest absolute Gasteiger partial charge is 0.463 e. The summed E-state index contributed by atoms with van der Waals surface area (Å²) in [7, 11) is 0. The third-order valence-electron chi connectivity index (χ3n) is 10.2. The van der Waals surface area contributed by atoms with Gasteiger partial charge in [-0.1, -0.05) is 72.8 Å². The van der Waals surface area contributed by atoms with Crippen LogP contribution < -0.4 is 10.2 Å². The maximum Gasteiger partial charge on any atom is 0.306 e. The lowest BCUT2D eigenvalue weighted by Gasteiger charge is -2.37. The number of hydrogen-bond donors (Lipinski definition) is 2. The van der Waals surface area contributed by atoms with Gasteiger partial charge < -0.3 is 29.7 Å². The Labute approximate surface area is 292 Å². The highest BCUT2D eigenvalue weighted by molar-refractivity contribution is 6.05. The van der Waals surface area contributed by atoms with Crippen LogP contribution in [0.4, 0.5) is 5.69 Å². The van der Waals surface area contributed by atoms with Gasteiger partial charge in [0.2, 0.25) is 11.8 Å². The van der Waals surface area contributed by atoms with Crippen LogP contribution in [0.3, 0.4) is 0 Å². The second kappa shape index (κ2) is 15.4. The summed E-state index contributed by atoms with van der Waals surface area (Å²) in [6.07, 6.45) is 5.32. The number of amides is 3. The zero-order valence-corrected chi connectivity index (χ0v) is 28.2. The standard InChI is InChI=1S/C40H45N3O7/c1-3-5-17-33(45)49-26-31(28-14-7-6-8-15-28)41-37(46)34-32-20-21-40(50-32)35(34)38(47)43(23-11-12-24-44)36(40)39(48)42(22-4-2)30-19-18-27-13-9-10-16-29(27)25-30/h3-4,6-10,13-16,18-19,25,31-32,34-36,44H,1-2,5,11-12,17,20-24,26H2,(H,41,46)/t31-,32-,34+,35+,36-,40+/m1/s1. The predicted octanol–water partition coefficient (Wildman–Crippen LogP) is 4.87. The molecular formula is C40H45N3O7. The smallest absolute Gasteiger partial charge is 0.306 e. The molecule has 0 aliphatic carbocycles. The first-order chi connectivity index (χ1) is 24.3. The molecule has 3 saturated heterocycles. The van der Waals surface area contributed by atoms with Gasteiger partial charge in [0.25, 0.3) is 5.91 Å². The number of likely N-dealkylation sites (tertiary alicyclic amines) is 1. The van der Waals surface area contributed by atoms with Crippen LogP contribution in [0.25, 0.3) is 10.8 Å². The number of nitrogens with one attached hydrogen (secondary N) is 1. The SMILES string of the molecule is C=CCCC(=O)OC[C@@H](NC(=O)[C@@H]1[C@H]2C(=O)N(CCCCO)[C@H](C(=O)N(CC=C)c3ccc4ccccc4c3)[C@]23CC[C@H]1O3)c1ccccc1. The van der Waals surface area contributed by atoms with Crippen molar-refractivity contribution in [2.24, 2.45) is 11.8 Å². The number of fused-ring (bicyclic) bond motifs is 2. The van der Waals surface area contributed by atoms with E-state index in [-0.39, 0.29) is 50.4 Å². The van der Waals surface area contributed by atoms with Gasteiger partial charge >= 0.3 is 5.97 Å². The third-order valence-corrected chi connectivity index (χ3v) is 10.2. The fraction of sp³-hybridized carbons (Fsp3) is 0.400. The third kappa shape index (κ3) is 6.69. The fourth-order valence-corrected chi connectivity index (χ4v) is 7.95. The molecule has 1 spiro atoms. The van der Waals surface area contributed by atoms with E-state index in [1.807, 2.05) is 72.8 Å². The summed E-state index contributed by atoms with van der Waals surface area (Å²) >= 11 is 0. The van der Waals surface area contributed by atoms with Crippen LogP contribution in [-0.2, 0) is 28.7 Å². The first-order valence-electron chi connectivity index (χ1n) is 17.4. The summed E-state index contributed by atoms with van der Waals surface area (Å²) in [6, 6.07) is 21.3. The molecular weight excluding hydrogens is 634 g/mol. The summed E-state index contributed by atoms with van der Waals surface area (Å²) in [6.45, 7) is 7.89. The van der Waals surface area contributed by atoms with E-state index < -0.39 is 41.6 Å². The van der Waals surface area contributed by atoms with Crippen molar-refractivity contribution < 1.29 is 33.8 Å². The number of nitrogens with zero attached hydrogens (tertiary/aromatic N) is 2. The number of aliphatic hydroxyl groups is 1. The maximum atomic E-state index is 14.8. The van der Waals surface area contributed by atoms with Gasteiger partial charge in [0, 0.05) is 31.8 Å². The van der Waals surface area contributed by atoms with Gasteiger partial charge in [-0.05, 0) is 60.6 Å². The van der Waals surface area contributed by atoms with E-state index in [1.54, 1.807) is 22.0 Å². The Balaban J connectivity index is 1.31. The van der Waals surface area contributed by atoms with Crippen LogP contribution in [0.15, 0.2) is 98.1 Å². The lowest BCUT2D eigenvalue weighted by atomic mass is 9.70. The fourth-order valence-electron chi connectivity index (χ4n) is 7.95. The minimum absolute atomic E-state index is 0.0441. The van der Waals surface area contributed by atoms with Crippen LogP contribution in [-0.4, -0.2) is 77.7 Å². The summed E-state index contributed by atoms with van der Waals surface area (Å²) in [5, 5.41) is 14.6. The van der Waals surface area contributed by atoms with Gasteiger partial charge in [-0.25, -0.2) is 0 Å². The minimum Gasteiger partial charge on any atom is -0.463 e. The van der Waals surface area contributed by atoms with Gasteiger partial charge in [0.05, 0.1) is 24.0 Å². The molecule has 6 atom stereocenters. The van der Waals surface area contributed by atoms with Crippen molar-refractivity contribution in [3.63, 3.8) is 0 Å². The van der Waals surface area contributed by atoms with Crippen LogP contribution in [0.5, 0.6) is 0 Å². The summed E-state index contributed by atoms with van der Waals surface area (Å²) in [4.78, 5) is 59.2. The van der Waals surface area contributed by atoms with Crippen molar-refractivity contribution in [1.29, 1.82) is 0 Å². The summed E-state index contributed by atoms with van der Waals surface area (Å²) in [5.74, 6) is -3.10. The van der Waals surface area contributed by atoms with Gasteiger partial charge in [0.1, 0.15) is 18.2 Å². The van der Waals surface area contributed by atoms with Crippen LogP contribution >= 0.6 is 0 Å². The normalized spacial score (nSPS) is 24.1. The molecule has 3 aliphatic heterocycles. The molecule has 0 radical (unpaired) electrons. The number of anilines is 1. The predicted molar refractivity (Wildman–Crippen MR) is 190 cm³/mol. The van der Waals surface area contributed by atoms with Gasteiger partial charge in [-0.2, -0.15) is 0 Å². The van der Waals surface area contributed by atoms with E-state index in [1.165, 1.54) is 0 Å². The Morgan fingerprint density at radius 1 is 1.04 bits per heavy atom. The number of benzene rings is 3. The van der Waals surface area contributed by atoms with Crippen LogP contribution in [0.1, 0.15) is 50.1 Å². The topological polar surface area (TPSA) is 125 Å². The average molecular weight is 680 g/mol. The summed E-state index contributed by atoms with van der Waals surface area (Å²) in [5.41, 5.74) is 0.227. The Bertz CT molecular complexity index is 1740. The highest BCUT2D eigenvalue weighted by atomic mass is 16.5. The molecule has 3 aromatic rings. The quantitative estimate of drug-likeness (QED) is 0.126. The van der Waals surface area contributed by atoms with Crippen LogP contribution in [0, 0.1) is 11.8 Å². The zero-order chi connectivity index (χ0) is 35.3. The Morgan fingerprint density at radius 2 is 1.80 bits per heavy atom. The first-order valence-corrected chi connectivity index (χ1v) is 17.4. The first kappa shape index (κ1) is 35.0. The van der Waals surface area contributed by atoms with Crippen molar-refractivity contribution >= 4 is 40.2 Å². The van der Waals surface area contributed by atoms with E-state index in [9.17, 15) is 24.3 Å². The number of aliphatic hydroxyl groups excluding tert-OH is 1. The number of hydrogen-bond acceptors (Lipinski definition) is 7. The lowest BCUT2D eigenvalue weighted by molar-refractivity contribution is -0.146. The minimum atomic E-state index is -1.20. The lowest BCUT2D eigenvalue weighted by Crippen LogP contribution is -2.56. The number of rotatable bonds is 16. The Morgan fingerprint density at radius 3 is 2.54 bits per heavy atom. The molecule has 6 rings (SSSR count). The van der Waals surface area contributed by atoms with Gasteiger partial charge in [0.15, 0.2) is 0 Å². The van der Waals surface area contributed by atoms with Crippen molar-refractivity contribution in [3.8, 4) is 0 Å². The van der Waals surface area contributed by atoms with Crippen molar-refractivity contribution in [2.45, 2.75) is 62.3 Å². The monoisotopic (exact) mass is 679 g/mol. The molecule has 3 amide bonds. The molecule has 0 unspecified atom stereocenters. The van der Waals surface area contributed by atoms with E-state index >= 15 is 0 Å². The van der Waals surface area contributed by atoms with Gasteiger partial charge in [-0.15, -0.1) is 13.2 Å². The van der Waals surface area contributed by atoms with Crippen molar-refractivity contribution in [1.82, 2.24) is 10.2 Å². The number of esters is 1. The second-order valence-corrected chi connectivity index (χ2v) is 13.3. The highest BCUT2D eigenvalue weighted by Gasteiger charge is 2.74. The van der Waals surface area contributed by atoms with E-state index in [0.717, 1.165) is 16.3 Å². The molecule has 3 aliphatic rings. The molecule has 3 fully saturated rings. The summed E-state index contributed by atoms with van der Waals surface area (Å²) < 4.78 is 12.2. The van der Waals surface area contributed by atoms with Crippen molar-refractivity contribution in [2.75, 3.05) is 31.2 Å². The zero-order valence-electron chi connectivity index (χ0n) is 28.2. The molecule has 0 saturated carbocycles. The Kier molecular flexibility index (Phi) is 10.8. The highest BCUT2D eigenvalue weighted by Crippen LogP contribution is 2.58. The molecule has 0 aromatic heterocycles. The molecule has 2 bridgehead atoms. The molecule has 50 heavy (non-hydrogen) atoms. The number of unbranched alkanes of at least 4 members (excludes halogenated alkanes) is 1. The Hall–Kier alpha value is -4.80. The molecule has 3 heterocycles. The molecule has 10 heteroatoms. The number of carbonyl (C=O) groups is 4. The number of ether oxygens (including phenoxy) is 2. The number of allylic oxidation sites excluding steroid dienone is 1. The van der Waals surface area contributed by atoms with Crippen molar-refractivity contribution in [3.05, 3.63) is 104 Å². The molecule has 262 valence electrons. The molecule has 2 N–H and O–H groups in total. The van der Waals surface area contributed by atoms with E-state index in [2.05, 4.69) is 18.5 Å². The molecule has 3 aromatic carbocycles. The second-order valence-electron chi connectivity index (χ2n) is 13.3. The molecule has 10 nitrogen and oxygen atoms in total. The average Bonchev–Trinajstić information content (AvgIpc) is 3.78. The van der Waals surface area contributed by atoms with Gasteiger partial charge in [-0.3, -0.25) is 19.2 Å². The maximum absolute atomic E-state index is 14.8. The van der Waals surface area contributed by atoms with Crippen LogP contribution in [0.2, 0.25) is 0 Å².